The van der Waals surface area contributed by atoms with Crippen LogP contribution in [-0.4, -0.2) is 26.8 Å². The first-order valence-corrected chi connectivity index (χ1v) is 8.89. The van der Waals surface area contributed by atoms with E-state index in [-0.39, 0.29) is 18.2 Å². The predicted molar refractivity (Wildman–Crippen MR) is 96.3 cm³/mol. The summed E-state index contributed by atoms with van der Waals surface area (Å²) in [6.45, 7) is 0.173. The van der Waals surface area contributed by atoms with Crippen molar-refractivity contribution in [1.82, 2.24) is 20.4 Å². The molecule has 2 heterocycles. The first-order chi connectivity index (χ1) is 12.8. The van der Waals surface area contributed by atoms with E-state index in [0.717, 1.165) is 11.1 Å². The number of amides is 1. The second kappa shape index (κ2) is 7.40. The number of thioether (sulfide) groups is 1. The Hall–Kier alpha value is -3.13. The van der Waals surface area contributed by atoms with E-state index in [0.29, 0.717) is 22.5 Å². The number of hydrogen-bond donors (Lipinski definition) is 1. The lowest BCUT2D eigenvalue weighted by atomic mass is 10.2. The summed E-state index contributed by atoms with van der Waals surface area (Å²) >= 11 is 1.24. The van der Waals surface area contributed by atoms with Crippen molar-refractivity contribution in [3.05, 3.63) is 60.5 Å². The summed E-state index contributed by atoms with van der Waals surface area (Å²) in [4.78, 5) is 20.6. The molecule has 4 aromatic rings. The molecule has 0 bridgehead atoms. The zero-order chi connectivity index (χ0) is 17.8. The molecule has 2 aromatic heterocycles. The van der Waals surface area contributed by atoms with Gasteiger partial charge in [-0.25, -0.2) is 4.98 Å². The van der Waals surface area contributed by atoms with Gasteiger partial charge in [0.2, 0.25) is 17.6 Å². The highest BCUT2D eigenvalue weighted by atomic mass is 32.2. The Morgan fingerprint density at radius 1 is 1.04 bits per heavy atom. The Balaban J connectivity index is 1.29. The monoisotopic (exact) mass is 366 g/mol. The average molecular weight is 366 g/mol. The number of nitrogens with one attached hydrogen (secondary N) is 1. The molecule has 1 amide bonds. The van der Waals surface area contributed by atoms with Gasteiger partial charge in [-0.3, -0.25) is 4.79 Å². The van der Waals surface area contributed by atoms with Gasteiger partial charge in [-0.05, 0) is 12.1 Å². The second-order valence-corrected chi connectivity index (χ2v) is 6.32. The smallest absolute Gasteiger partial charge is 0.257 e. The largest absolute Gasteiger partial charge is 0.431 e. The van der Waals surface area contributed by atoms with E-state index in [1.54, 1.807) is 0 Å². The minimum absolute atomic E-state index is 0.170. The van der Waals surface area contributed by atoms with E-state index >= 15 is 0 Å². The zero-order valence-electron chi connectivity index (χ0n) is 13.6. The predicted octanol–water partition coefficient (Wildman–Crippen LogP) is 3.29. The molecular weight excluding hydrogens is 352 g/mol. The van der Waals surface area contributed by atoms with E-state index in [1.807, 2.05) is 54.6 Å². The van der Waals surface area contributed by atoms with Crippen LogP contribution in [0.5, 0.6) is 0 Å². The van der Waals surface area contributed by atoms with Crippen molar-refractivity contribution in [3.63, 3.8) is 0 Å². The van der Waals surface area contributed by atoms with Gasteiger partial charge in [-0.15, -0.1) is 0 Å². The summed E-state index contributed by atoms with van der Waals surface area (Å²) in [5.74, 6) is 0.864. The first kappa shape index (κ1) is 16.3. The number of fused-ring (bicyclic) bond motifs is 1. The molecule has 0 saturated heterocycles. The number of nitrogens with zero attached hydrogens (tertiary/aromatic N) is 3. The van der Waals surface area contributed by atoms with E-state index in [1.165, 1.54) is 11.8 Å². The van der Waals surface area contributed by atoms with Crippen molar-refractivity contribution < 1.29 is 13.7 Å². The van der Waals surface area contributed by atoms with E-state index in [2.05, 4.69) is 20.4 Å². The van der Waals surface area contributed by atoms with E-state index < -0.39 is 0 Å². The maximum absolute atomic E-state index is 12.0. The number of carbonyl (C=O) groups is 1. The van der Waals surface area contributed by atoms with Crippen molar-refractivity contribution in [2.75, 3.05) is 5.75 Å². The molecule has 0 fully saturated rings. The average Bonchev–Trinajstić information content (AvgIpc) is 3.32. The third kappa shape index (κ3) is 3.75. The molecule has 0 aliphatic heterocycles. The van der Waals surface area contributed by atoms with E-state index in [9.17, 15) is 4.79 Å². The van der Waals surface area contributed by atoms with Crippen LogP contribution < -0.4 is 5.32 Å². The Bertz CT molecular complexity index is 996. The molecule has 4 rings (SSSR count). The first-order valence-electron chi connectivity index (χ1n) is 7.91. The summed E-state index contributed by atoms with van der Waals surface area (Å²) in [7, 11) is 0. The van der Waals surface area contributed by atoms with Gasteiger partial charge in [-0.2, -0.15) is 4.98 Å². The number of aromatic nitrogens is 3. The molecule has 0 saturated carbocycles. The van der Waals surface area contributed by atoms with Crippen molar-refractivity contribution in [1.29, 1.82) is 0 Å². The quantitative estimate of drug-likeness (QED) is 0.523. The lowest BCUT2D eigenvalue weighted by molar-refractivity contribution is -0.118. The standard InChI is InChI=1S/C18H14N4O3S/c23-15(11-26-18-20-13-8-4-5-9-14(13)24-18)19-10-16-21-17(22-25-16)12-6-2-1-3-7-12/h1-9H,10-11H2,(H,19,23). The fourth-order valence-electron chi connectivity index (χ4n) is 2.30. The molecule has 0 aliphatic rings. The van der Waals surface area contributed by atoms with Gasteiger partial charge in [-0.1, -0.05) is 59.4 Å². The third-order valence-corrected chi connectivity index (χ3v) is 4.37. The lowest BCUT2D eigenvalue weighted by Gasteiger charge is -1.99. The van der Waals surface area contributed by atoms with Crippen LogP contribution in [0.25, 0.3) is 22.5 Å². The maximum atomic E-state index is 12.0. The third-order valence-electron chi connectivity index (χ3n) is 3.54. The van der Waals surface area contributed by atoms with Gasteiger partial charge in [0.1, 0.15) is 5.52 Å². The van der Waals surface area contributed by atoms with Gasteiger partial charge < -0.3 is 14.3 Å². The van der Waals surface area contributed by atoms with Crippen LogP contribution in [0.3, 0.4) is 0 Å². The number of para-hydroxylation sites is 2. The molecule has 2 aromatic carbocycles. The van der Waals surface area contributed by atoms with Crippen LogP contribution in [0.4, 0.5) is 0 Å². The molecule has 0 unspecified atom stereocenters. The minimum atomic E-state index is -0.170. The van der Waals surface area contributed by atoms with E-state index in [4.69, 9.17) is 8.94 Å². The van der Waals surface area contributed by atoms with Crippen LogP contribution in [0.1, 0.15) is 5.89 Å². The highest BCUT2D eigenvalue weighted by molar-refractivity contribution is 7.99. The zero-order valence-corrected chi connectivity index (χ0v) is 14.4. The Labute approximate surface area is 152 Å². The number of oxazole rings is 1. The summed E-state index contributed by atoms with van der Waals surface area (Å²) in [6, 6.07) is 17.0. The van der Waals surface area contributed by atoms with Gasteiger partial charge in [0, 0.05) is 5.56 Å². The second-order valence-electron chi connectivity index (χ2n) is 5.39. The number of benzene rings is 2. The fraction of sp³-hybridized carbons (Fsp3) is 0.111. The van der Waals surface area contributed by atoms with Gasteiger partial charge in [0.15, 0.2) is 5.58 Å². The summed E-state index contributed by atoms with van der Waals surface area (Å²) < 4.78 is 10.7. The van der Waals surface area contributed by atoms with Crippen LogP contribution in [0.15, 0.2) is 68.8 Å². The molecule has 0 spiro atoms. The summed E-state index contributed by atoms with van der Waals surface area (Å²) in [5.41, 5.74) is 2.34. The van der Waals surface area contributed by atoms with Crippen LogP contribution in [0, 0.1) is 0 Å². The molecule has 130 valence electrons. The van der Waals surface area contributed by atoms with Crippen molar-refractivity contribution in [2.45, 2.75) is 11.8 Å². The van der Waals surface area contributed by atoms with Crippen molar-refractivity contribution in [3.8, 4) is 11.4 Å². The summed E-state index contributed by atoms with van der Waals surface area (Å²) in [5, 5.41) is 7.12. The Morgan fingerprint density at radius 3 is 2.69 bits per heavy atom. The van der Waals surface area contributed by atoms with Gasteiger partial charge in [0.25, 0.3) is 5.22 Å². The molecule has 0 atom stereocenters. The minimum Gasteiger partial charge on any atom is -0.431 e. The maximum Gasteiger partial charge on any atom is 0.257 e. The molecule has 26 heavy (non-hydrogen) atoms. The normalized spacial score (nSPS) is 10.9. The number of rotatable bonds is 6. The number of hydrogen-bond acceptors (Lipinski definition) is 7. The Kier molecular flexibility index (Phi) is 4.65. The van der Waals surface area contributed by atoms with Crippen LogP contribution >= 0.6 is 11.8 Å². The van der Waals surface area contributed by atoms with Gasteiger partial charge in [0.05, 0.1) is 12.3 Å². The lowest BCUT2D eigenvalue weighted by Crippen LogP contribution is -2.24. The van der Waals surface area contributed by atoms with Crippen molar-refractivity contribution >= 4 is 28.8 Å². The number of carbonyl (C=O) groups excluding carboxylic acids is 1. The SMILES string of the molecule is O=C(CSc1nc2ccccc2o1)NCc1nc(-c2ccccc2)no1. The molecule has 7 nitrogen and oxygen atoms in total. The fourth-order valence-corrected chi connectivity index (χ4v) is 2.96. The highest BCUT2D eigenvalue weighted by Gasteiger charge is 2.12. The molecule has 8 heteroatoms. The van der Waals surface area contributed by atoms with Crippen molar-refractivity contribution in [2.24, 2.45) is 0 Å². The highest BCUT2D eigenvalue weighted by Crippen LogP contribution is 2.22. The van der Waals surface area contributed by atoms with Crippen LogP contribution in [-0.2, 0) is 11.3 Å². The molecule has 1 N–H and O–H groups in total. The summed E-state index contributed by atoms with van der Waals surface area (Å²) in [6.07, 6.45) is 0. The molecular formula is C18H14N4O3S. The topological polar surface area (TPSA) is 94.1 Å². The van der Waals surface area contributed by atoms with Gasteiger partial charge >= 0.3 is 0 Å². The Morgan fingerprint density at radius 2 is 1.85 bits per heavy atom. The molecule has 0 radical (unpaired) electrons. The van der Waals surface area contributed by atoms with Crippen LogP contribution in [0.2, 0.25) is 0 Å². The molecule has 0 aliphatic carbocycles.